The predicted octanol–water partition coefficient (Wildman–Crippen LogP) is 4.40. The minimum Gasteiger partial charge on any atom is -0.415 e. The molecule has 8 nitrogen and oxygen atoms in total. The molecule has 0 unspecified atom stereocenters. The number of nitrogens with zero attached hydrogens (tertiary/aromatic N) is 6. The first kappa shape index (κ1) is 22.8. The standard InChI is InChI=1S/C22H20BrF3N6O2/c1-30-6-4-14(5-7-30)32-18-8-15(23)16(24)9-17(18)31(22(32)33)11-13-3-2-12(10-27-13)20-28-29-21(34-20)19(25)26/h2-3,8-10,14,19H,4-7,11H2,1H3. The third-order valence-electron chi connectivity index (χ3n) is 6.08. The van der Waals surface area contributed by atoms with Gasteiger partial charge in [0.15, 0.2) is 0 Å². The molecule has 0 saturated carbocycles. The molecule has 1 aromatic carbocycles. The zero-order valence-electron chi connectivity index (χ0n) is 18.1. The zero-order chi connectivity index (χ0) is 24.0. The maximum atomic E-state index is 14.4. The quantitative estimate of drug-likeness (QED) is 0.376. The van der Waals surface area contributed by atoms with Crippen molar-refractivity contribution in [2.45, 2.75) is 31.9 Å². The molecule has 1 aliphatic rings. The van der Waals surface area contributed by atoms with Crippen LogP contribution in [-0.4, -0.2) is 49.4 Å². The number of likely N-dealkylation sites (tertiary alicyclic amines) is 1. The first-order valence-electron chi connectivity index (χ1n) is 10.7. The van der Waals surface area contributed by atoms with Crippen LogP contribution in [0.4, 0.5) is 13.2 Å². The Morgan fingerprint density at radius 3 is 2.59 bits per heavy atom. The highest BCUT2D eigenvalue weighted by atomic mass is 79.9. The van der Waals surface area contributed by atoms with E-state index in [9.17, 15) is 18.0 Å². The van der Waals surface area contributed by atoms with Gasteiger partial charge in [0.25, 0.3) is 5.89 Å². The van der Waals surface area contributed by atoms with Gasteiger partial charge in [0, 0.05) is 18.3 Å². The van der Waals surface area contributed by atoms with E-state index >= 15 is 0 Å². The normalized spacial score (nSPS) is 15.6. The molecule has 1 fully saturated rings. The molecule has 0 bridgehead atoms. The van der Waals surface area contributed by atoms with E-state index < -0.39 is 18.1 Å². The predicted molar refractivity (Wildman–Crippen MR) is 121 cm³/mol. The molecular weight excluding hydrogens is 517 g/mol. The Morgan fingerprint density at radius 2 is 1.94 bits per heavy atom. The number of halogens is 4. The van der Waals surface area contributed by atoms with E-state index in [-0.39, 0.29) is 24.2 Å². The highest BCUT2D eigenvalue weighted by Crippen LogP contribution is 2.29. The number of imidazole rings is 1. The molecule has 178 valence electrons. The van der Waals surface area contributed by atoms with Crippen molar-refractivity contribution in [3.8, 4) is 11.5 Å². The van der Waals surface area contributed by atoms with E-state index in [0.717, 1.165) is 25.9 Å². The fourth-order valence-electron chi connectivity index (χ4n) is 4.28. The third kappa shape index (κ3) is 4.16. The van der Waals surface area contributed by atoms with Crippen LogP contribution in [0.15, 0.2) is 44.1 Å². The minimum atomic E-state index is -2.86. The Kier molecular flexibility index (Phi) is 6.02. The molecule has 0 N–H and O–H groups in total. The fourth-order valence-corrected chi connectivity index (χ4v) is 4.61. The van der Waals surface area contributed by atoms with Gasteiger partial charge in [-0.3, -0.25) is 14.1 Å². The van der Waals surface area contributed by atoms with Crippen LogP contribution in [-0.2, 0) is 6.54 Å². The van der Waals surface area contributed by atoms with Gasteiger partial charge in [-0.15, -0.1) is 10.2 Å². The third-order valence-corrected chi connectivity index (χ3v) is 6.68. The number of hydrogen-bond donors (Lipinski definition) is 0. The molecule has 0 atom stereocenters. The van der Waals surface area contributed by atoms with Crippen molar-refractivity contribution in [3.63, 3.8) is 0 Å². The summed E-state index contributed by atoms with van der Waals surface area (Å²) in [5.74, 6) is -1.30. The molecule has 12 heteroatoms. The van der Waals surface area contributed by atoms with Crippen molar-refractivity contribution in [2.75, 3.05) is 20.1 Å². The molecule has 4 aromatic rings. The van der Waals surface area contributed by atoms with Crippen LogP contribution in [0.1, 0.15) is 36.9 Å². The smallest absolute Gasteiger partial charge is 0.329 e. The summed E-state index contributed by atoms with van der Waals surface area (Å²) in [6.07, 6.45) is 0.198. The van der Waals surface area contributed by atoms with Crippen molar-refractivity contribution < 1.29 is 17.6 Å². The summed E-state index contributed by atoms with van der Waals surface area (Å²) >= 11 is 3.24. The Labute approximate surface area is 200 Å². The molecule has 34 heavy (non-hydrogen) atoms. The molecule has 1 saturated heterocycles. The first-order chi connectivity index (χ1) is 16.3. The van der Waals surface area contributed by atoms with Gasteiger partial charge in [-0.1, -0.05) is 0 Å². The highest BCUT2D eigenvalue weighted by molar-refractivity contribution is 9.10. The lowest BCUT2D eigenvalue weighted by molar-refractivity contribution is 0.116. The summed E-state index contributed by atoms with van der Waals surface area (Å²) in [7, 11) is 2.05. The summed E-state index contributed by atoms with van der Waals surface area (Å²) in [5.41, 5.74) is 1.82. The number of hydrogen-bond acceptors (Lipinski definition) is 6. The van der Waals surface area contributed by atoms with Gasteiger partial charge in [-0.2, -0.15) is 8.78 Å². The number of piperidine rings is 1. The van der Waals surface area contributed by atoms with Gasteiger partial charge in [-0.05, 0) is 67.1 Å². The van der Waals surface area contributed by atoms with Gasteiger partial charge in [0.05, 0.1) is 33.3 Å². The summed E-state index contributed by atoms with van der Waals surface area (Å²) in [5, 5.41) is 6.92. The van der Waals surface area contributed by atoms with E-state index in [1.54, 1.807) is 22.8 Å². The number of benzene rings is 1. The Bertz CT molecular complexity index is 1390. The van der Waals surface area contributed by atoms with Crippen LogP contribution in [0.5, 0.6) is 0 Å². The average Bonchev–Trinajstić information content (AvgIpc) is 3.40. The SMILES string of the molecule is CN1CCC(n2c(=O)n(Cc3ccc(-c4nnc(C(F)F)o4)cn3)c3cc(F)c(Br)cc32)CC1. The van der Waals surface area contributed by atoms with Crippen LogP contribution in [0, 0.1) is 5.82 Å². The van der Waals surface area contributed by atoms with E-state index in [2.05, 4.69) is 36.0 Å². The van der Waals surface area contributed by atoms with E-state index in [1.807, 2.05) is 7.05 Å². The summed E-state index contributed by atoms with van der Waals surface area (Å²) < 4.78 is 48.3. The fraction of sp³-hybridized carbons (Fsp3) is 0.364. The number of pyridine rings is 1. The lowest BCUT2D eigenvalue weighted by Gasteiger charge is -2.29. The largest absolute Gasteiger partial charge is 0.415 e. The Hall–Kier alpha value is -2.99. The highest BCUT2D eigenvalue weighted by Gasteiger charge is 2.25. The van der Waals surface area contributed by atoms with Crippen LogP contribution in [0.3, 0.4) is 0 Å². The van der Waals surface area contributed by atoms with Crippen LogP contribution >= 0.6 is 15.9 Å². The lowest BCUT2D eigenvalue weighted by atomic mass is 10.1. The molecule has 0 aliphatic carbocycles. The van der Waals surface area contributed by atoms with Crippen LogP contribution in [0.25, 0.3) is 22.5 Å². The molecule has 3 aromatic heterocycles. The van der Waals surface area contributed by atoms with Crippen molar-refractivity contribution in [1.82, 2.24) is 29.2 Å². The van der Waals surface area contributed by atoms with Crippen molar-refractivity contribution in [2.24, 2.45) is 0 Å². The van der Waals surface area contributed by atoms with Gasteiger partial charge < -0.3 is 9.32 Å². The molecule has 4 heterocycles. The average molecular weight is 537 g/mol. The molecule has 0 spiro atoms. The van der Waals surface area contributed by atoms with Crippen molar-refractivity contribution in [1.29, 1.82) is 0 Å². The number of aromatic nitrogens is 5. The maximum absolute atomic E-state index is 14.4. The first-order valence-corrected chi connectivity index (χ1v) is 11.5. The van der Waals surface area contributed by atoms with E-state index in [1.165, 1.54) is 16.8 Å². The number of rotatable bonds is 5. The minimum absolute atomic E-state index is 0.0155. The Balaban J connectivity index is 1.50. The second-order valence-electron chi connectivity index (χ2n) is 8.31. The van der Waals surface area contributed by atoms with Gasteiger partial charge >= 0.3 is 12.1 Å². The summed E-state index contributed by atoms with van der Waals surface area (Å²) in [6.45, 7) is 1.86. The maximum Gasteiger partial charge on any atom is 0.329 e. The van der Waals surface area contributed by atoms with Crippen molar-refractivity contribution in [3.05, 3.63) is 62.8 Å². The molecule has 0 radical (unpaired) electrons. The van der Waals surface area contributed by atoms with Crippen LogP contribution < -0.4 is 5.69 Å². The van der Waals surface area contributed by atoms with Gasteiger partial charge in [0.2, 0.25) is 5.89 Å². The second kappa shape index (κ2) is 8.99. The molecule has 5 rings (SSSR count). The molecular formula is C22H20BrF3N6O2. The van der Waals surface area contributed by atoms with Crippen LogP contribution in [0.2, 0.25) is 0 Å². The van der Waals surface area contributed by atoms with E-state index in [4.69, 9.17) is 4.42 Å². The lowest BCUT2D eigenvalue weighted by Crippen LogP contribution is -2.36. The zero-order valence-corrected chi connectivity index (χ0v) is 19.7. The summed E-state index contributed by atoms with van der Waals surface area (Å²) in [4.78, 5) is 20.0. The number of alkyl halides is 2. The van der Waals surface area contributed by atoms with Gasteiger partial charge in [0.1, 0.15) is 5.82 Å². The second-order valence-corrected chi connectivity index (χ2v) is 9.17. The van der Waals surface area contributed by atoms with Crippen molar-refractivity contribution >= 4 is 27.0 Å². The monoisotopic (exact) mass is 536 g/mol. The molecule has 0 amide bonds. The van der Waals surface area contributed by atoms with E-state index in [0.29, 0.717) is 26.8 Å². The topological polar surface area (TPSA) is 82.0 Å². The number of fused-ring (bicyclic) bond motifs is 1. The summed E-state index contributed by atoms with van der Waals surface area (Å²) in [6, 6.07) is 6.26. The van der Waals surface area contributed by atoms with Gasteiger partial charge in [-0.25, -0.2) is 9.18 Å². The Morgan fingerprint density at radius 1 is 1.18 bits per heavy atom. The molecule has 1 aliphatic heterocycles.